The summed E-state index contributed by atoms with van der Waals surface area (Å²) in [7, 11) is 0. The van der Waals surface area contributed by atoms with Crippen LogP contribution in [0.3, 0.4) is 0 Å². The van der Waals surface area contributed by atoms with Gasteiger partial charge in [-0.1, -0.05) is 23.7 Å². The average molecular weight is 416 g/mol. The molecule has 0 spiro atoms. The number of carbonyl (C=O) groups is 3. The summed E-state index contributed by atoms with van der Waals surface area (Å²) in [6.07, 6.45) is 1.60. The number of aromatic amines is 1. The molecule has 0 aliphatic heterocycles. The second kappa shape index (κ2) is 8.72. The van der Waals surface area contributed by atoms with Crippen molar-refractivity contribution in [2.75, 3.05) is 13.2 Å². The van der Waals surface area contributed by atoms with Crippen molar-refractivity contribution in [2.45, 2.75) is 6.04 Å². The number of hydrogen-bond donors (Lipinski definition) is 5. The summed E-state index contributed by atoms with van der Waals surface area (Å²) >= 11 is 5.95. The van der Waals surface area contributed by atoms with Gasteiger partial charge in [-0.15, -0.1) is 0 Å². The van der Waals surface area contributed by atoms with Gasteiger partial charge in [-0.25, -0.2) is 0 Å². The molecule has 0 radical (unpaired) electrons. The highest BCUT2D eigenvalue weighted by Crippen LogP contribution is 2.18. The maximum atomic E-state index is 12.5. The third-order valence-corrected chi connectivity index (χ3v) is 4.60. The Labute approximate surface area is 170 Å². The Balaban J connectivity index is 1.63. The Bertz CT molecular complexity index is 1080. The lowest BCUT2D eigenvalue weighted by atomic mass is 10.1. The van der Waals surface area contributed by atoms with Gasteiger partial charge in [0, 0.05) is 17.5 Å². The van der Waals surface area contributed by atoms with E-state index in [1.807, 2.05) is 6.07 Å². The second-order valence-electron chi connectivity index (χ2n) is 6.26. The predicted molar refractivity (Wildman–Crippen MR) is 107 cm³/mol. The molecule has 0 fully saturated rings. The van der Waals surface area contributed by atoms with Crippen LogP contribution in [0.5, 0.6) is 0 Å². The van der Waals surface area contributed by atoms with E-state index in [1.165, 1.54) is 18.2 Å². The molecule has 1 heterocycles. The number of halogens is 1. The summed E-state index contributed by atoms with van der Waals surface area (Å²) in [5, 5.41) is 22.3. The van der Waals surface area contributed by atoms with Gasteiger partial charge in [-0.2, -0.15) is 5.10 Å². The first-order chi connectivity index (χ1) is 13.9. The Hall–Kier alpha value is -3.43. The van der Waals surface area contributed by atoms with Gasteiger partial charge in [0.15, 0.2) is 0 Å². The van der Waals surface area contributed by atoms with Crippen molar-refractivity contribution in [2.24, 2.45) is 5.73 Å². The zero-order valence-corrected chi connectivity index (χ0v) is 15.9. The Morgan fingerprint density at radius 2 is 1.97 bits per heavy atom. The van der Waals surface area contributed by atoms with E-state index in [1.54, 1.807) is 18.3 Å². The summed E-state index contributed by atoms with van der Waals surface area (Å²) in [4.78, 5) is 36.0. The van der Waals surface area contributed by atoms with E-state index in [2.05, 4.69) is 20.8 Å². The number of aromatic nitrogens is 2. The second-order valence-corrected chi connectivity index (χ2v) is 6.67. The van der Waals surface area contributed by atoms with Crippen LogP contribution < -0.4 is 16.4 Å². The van der Waals surface area contributed by atoms with Crippen LogP contribution in [0.25, 0.3) is 10.9 Å². The number of primary amides is 1. The van der Waals surface area contributed by atoms with E-state index in [0.717, 1.165) is 5.39 Å². The summed E-state index contributed by atoms with van der Waals surface area (Å²) < 4.78 is 0. The SMILES string of the molecule is NC(=O)c1ccc(C(=O)NCC(CO)NC(=O)c2cccc3cn[nH]c23)cc1Cl. The molecular weight excluding hydrogens is 398 g/mol. The largest absolute Gasteiger partial charge is 0.394 e. The Morgan fingerprint density at radius 1 is 1.17 bits per heavy atom. The van der Waals surface area contributed by atoms with Crippen molar-refractivity contribution in [1.82, 2.24) is 20.8 Å². The number of carbonyl (C=O) groups excluding carboxylic acids is 3. The molecule has 1 unspecified atom stereocenters. The number of amides is 3. The van der Waals surface area contributed by atoms with Crippen LogP contribution in [0, 0.1) is 0 Å². The number of para-hydroxylation sites is 1. The van der Waals surface area contributed by atoms with E-state index in [9.17, 15) is 19.5 Å². The summed E-state index contributed by atoms with van der Waals surface area (Å²) in [6.45, 7) is -0.401. The number of fused-ring (bicyclic) bond motifs is 1. The standard InChI is InChI=1S/C19H18ClN5O4/c20-15-6-10(4-5-13(15)17(21)27)18(28)22-8-12(9-26)24-19(29)14-3-1-2-11-7-23-25-16(11)14/h1-7,12,26H,8-9H2,(H2,21,27)(H,22,28)(H,23,25)(H,24,29). The third-order valence-electron chi connectivity index (χ3n) is 4.28. The molecule has 1 atom stereocenters. The number of aliphatic hydroxyl groups is 1. The molecule has 0 bridgehead atoms. The predicted octanol–water partition coefficient (Wildman–Crippen LogP) is 0.836. The lowest BCUT2D eigenvalue weighted by Crippen LogP contribution is -2.45. The highest BCUT2D eigenvalue weighted by atomic mass is 35.5. The van der Waals surface area contributed by atoms with Crippen LogP contribution >= 0.6 is 11.6 Å². The molecule has 3 rings (SSSR count). The smallest absolute Gasteiger partial charge is 0.253 e. The molecular formula is C19H18ClN5O4. The average Bonchev–Trinajstić information content (AvgIpc) is 3.19. The molecule has 3 amide bonds. The molecule has 3 aromatic rings. The number of benzene rings is 2. The normalized spacial score (nSPS) is 11.8. The van der Waals surface area contributed by atoms with Gasteiger partial charge < -0.3 is 21.5 Å². The van der Waals surface area contributed by atoms with Gasteiger partial charge in [0.25, 0.3) is 11.8 Å². The van der Waals surface area contributed by atoms with E-state index >= 15 is 0 Å². The van der Waals surface area contributed by atoms with Crippen molar-refractivity contribution in [1.29, 1.82) is 0 Å². The van der Waals surface area contributed by atoms with Gasteiger partial charge in [0.2, 0.25) is 5.91 Å². The van der Waals surface area contributed by atoms with Crippen molar-refractivity contribution >= 4 is 40.2 Å². The lowest BCUT2D eigenvalue weighted by Gasteiger charge is -2.17. The first kappa shape index (κ1) is 20.3. The summed E-state index contributed by atoms with van der Waals surface area (Å²) in [6, 6.07) is 8.54. The monoisotopic (exact) mass is 415 g/mol. The molecule has 1 aromatic heterocycles. The molecule has 0 saturated heterocycles. The maximum absolute atomic E-state index is 12.5. The zero-order chi connectivity index (χ0) is 21.0. The Kier molecular flexibility index (Phi) is 6.10. The highest BCUT2D eigenvalue weighted by Gasteiger charge is 2.18. The van der Waals surface area contributed by atoms with Crippen LogP contribution in [-0.2, 0) is 0 Å². The van der Waals surface area contributed by atoms with Crippen molar-refractivity contribution in [3.05, 3.63) is 64.3 Å². The minimum absolute atomic E-state index is 0.0186. The number of aliphatic hydroxyl groups excluding tert-OH is 1. The fourth-order valence-corrected chi connectivity index (χ4v) is 3.03. The van der Waals surface area contributed by atoms with Gasteiger partial charge in [0.1, 0.15) is 0 Å². The van der Waals surface area contributed by atoms with Crippen LogP contribution in [-0.4, -0.2) is 52.2 Å². The number of nitrogens with two attached hydrogens (primary N) is 1. The van der Waals surface area contributed by atoms with Crippen LogP contribution in [0.1, 0.15) is 31.1 Å². The number of rotatable bonds is 7. The molecule has 0 aliphatic carbocycles. The van der Waals surface area contributed by atoms with Crippen molar-refractivity contribution < 1.29 is 19.5 Å². The third kappa shape index (κ3) is 4.53. The van der Waals surface area contributed by atoms with Crippen LogP contribution in [0.15, 0.2) is 42.6 Å². The molecule has 150 valence electrons. The van der Waals surface area contributed by atoms with Gasteiger partial charge in [-0.3, -0.25) is 19.5 Å². The molecule has 0 aliphatic rings. The van der Waals surface area contributed by atoms with E-state index in [-0.39, 0.29) is 29.3 Å². The van der Waals surface area contributed by atoms with E-state index < -0.39 is 23.8 Å². The maximum Gasteiger partial charge on any atom is 0.253 e. The quantitative estimate of drug-likeness (QED) is 0.387. The van der Waals surface area contributed by atoms with E-state index in [0.29, 0.717) is 11.1 Å². The molecule has 2 aromatic carbocycles. The first-order valence-electron chi connectivity index (χ1n) is 8.62. The molecule has 29 heavy (non-hydrogen) atoms. The van der Waals surface area contributed by atoms with Crippen LogP contribution in [0.4, 0.5) is 0 Å². The number of hydrogen-bond acceptors (Lipinski definition) is 5. The van der Waals surface area contributed by atoms with Crippen LogP contribution in [0.2, 0.25) is 5.02 Å². The highest BCUT2D eigenvalue weighted by molar-refractivity contribution is 6.34. The molecule has 10 heteroatoms. The molecule has 9 nitrogen and oxygen atoms in total. The Morgan fingerprint density at radius 3 is 2.66 bits per heavy atom. The number of H-pyrrole nitrogens is 1. The minimum atomic E-state index is -0.718. The minimum Gasteiger partial charge on any atom is -0.394 e. The zero-order valence-electron chi connectivity index (χ0n) is 15.1. The van der Waals surface area contributed by atoms with Gasteiger partial charge in [0.05, 0.1) is 40.5 Å². The van der Waals surface area contributed by atoms with E-state index in [4.69, 9.17) is 17.3 Å². The fourth-order valence-electron chi connectivity index (χ4n) is 2.76. The van der Waals surface area contributed by atoms with Gasteiger partial charge >= 0.3 is 0 Å². The lowest BCUT2D eigenvalue weighted by molar-refractivity contribution is 0.0888. The van der Waals surface area contributed by atoms with Crippen molar-refractivity contribution in [3.8, 4) is 0 Å². The topological polar surface area (TPSA) is 150 Å². The summed E-state index contributed by atoms with van der Waals surface area (Å²) in [5.41, 5.74) is 6.45. The fraction of sp³-hybridized carbons (Fsp3) is 0.158. The van der Waals surface area contributed by atoms with Crippen molar-refractivity contribution in [3.63, 3.8) is 0 Å². The molecule has 0 saturated carbocycles. The number of nitrogens with one attached hydrogen (secondary N) is 3. The molecule has 6 N–H and O–H groups in total. The number of nitrogens with zero attached hydrogens (tertiary/aromatic N) is 1. The summed E-state index contributed by atoms with van der Waals surface area (Å²) in [5.74, 6) is -1.59. The van der Waals surface area contributed by atoms with Gasteiger partial charge in [-0.05, 0) is 24.3 Å². The first-order valence-corrected chi connectivity index (χ1v) is 9.00.